The van der Waals surface area contributed by atoms with Crippen molar-refractivity contribution < 1.29 is 4.74 Å². The number of nitrogens with one attached hydrogen (secondary N) is 1. The summed E-state index contributed by atoms with van der Waals surface area (Å²) in [5.41, 5.74) is 7.71. The molecular formula is C15H28N4O. The molecule has 5 nitrogen and oxygen atoms in total. The van der Waals surface area contributed by atoms with Crippen molar-refractivity contribution in [2.75, 3.05) is 24.2 Å². The fourth-order valence-electron chi connectivity index (χ4n) is 2.74. The predicted molar refractivity (Wildman–Crippen MR) is 83.1 cm³/mol. The molecular weight excluding hydrogens is 252 g/mol. The maximum atomic E-state index is 6.08. The molecule has 0 radical (unpaired) electrons. The number of aromatic nitrogens is 2. The predicted octanol–water partition coefficient (Wildman–Crippen LogP) is 3.12. The molecule has 0 aromatic carbocycles. The van der Waals surface area contributed by atoms with Gasteiger partial charge in [-0.2, -0.15) is 5.10 Å². The molecule has 1 aromatic rings. The molecule has 0 unspecified atom stereocenters. The molecule has 0 saturated heterocycles. The number of hydrogen-bond acceptors (Lipinski definition) is 4. The number of ether oxygens (including phenoxy) is 1. The van der Waals surface area contributed by atoms with Crippen LogP contribution in [0, 0.1) is 6.92 Å². The summed E-state index contributed by atoms with van der Waals surface area (Å²) in [6.45, 7) is 7.66. The van der Waals surface area contributed by atoms with Crippen LogP contribution in [0.15, 0.2) is 0 Å². The molecule has 1 aromatic heterocycles. The maximum absolute atomic E-state index is 6.08. The van der Waals surface area contributed by atoms with E-state index in [4.69, 9.17) is 10.5 Å². The molecule has 20 heavy (non-hydrogen) atoms. The standard InChI is InChI=1S/C15H28N4O/c1-11(2)19-15(14(16)12(3)18-19)17-9-10-20-13-7-5-4-6-8-13/h11,13,17H,4-10,16H2,1-3H3. The third-order valence-corrected chi connectivity index (χ3v) is 3.92. The van der Waals surface area contributed by atoms with Crippen molar-refractivity contribution in [1.29, 1.82) is 0 Å². The van der Waals surface area contributed by atoms with Crippen molar-refractivity contribution in [2.24, 2.45) is 0 Å². The van der Waals surface area contributed by atoms with Crippen LogP contribution in [-0.2, 0) is 4.74 Å². The summed E-state index contributed by atoms with van der Waals surface area (Å²) in [7, 11) is 0. The Balaban J connectivity index is 1.81. The number of aryl methyl sites for hydroxylation is 1. The highest BCUT2D eigenvalue weighted by Gasteiger charge is 2.15. The topological polar surface area (TPSA) is 65.1 Å². The van der Waals surface area contributed by atoms with E-state index in [2.05, 4.69) is 24.3 Å². The highest BCUT2D eigenvalue weighted by Crippen LogP contribution is 2.25. The first-order valence-corrected chi connectivity index (χ1v) is 7.79. The second-order valence-electron chi connectivity index (χ2n) is 5.94. The number of nitrogens with zero attached hydrogens (tertiary/aromatic N) is 2. The fraction of sp³-hybridized carbons (Fsp3) is 0.800. The van der Waals surface area contributed by atoms with Gasteiger partial charge >= 0.3 is 0 Å². The van der Waals surface area contributed by atoms with Crippen LogP contribution in [0.5, 0.6) is 0 Å². The van der Waals surface area contributed by atoms with Gasteiger partial charge in [0.1, 0.15) is 5.82 Å². The zero-order valence-electron chi connectivity index (χ0n) is 13.0. The van der Waals surface area contributed by atoms with Crippen LogP contribution in [0.4, 0.5) is 11.5 Å². The number of anilines is 2. The molecule has 0 amide bonds. The summed E-state index contributed by atoms with van der Waals surface area (Å²) in [6, 6.07) is 0.299. The Kier molecular flexibility index (Phi) is 5.29. The molecule has 1 fully saturated rings. The van der Waals surface area contributed by atoms with Crippen molar-refractivity contribution in [1.82, 2.24) is 9.78 Å². The van der Waals surface area contributed by atoms with E-state index in [-0.39, 0.29) is 0 Å². The second-order valence-corrected chi connectivity index (χ2v) is 5.94. The highest BCUT2D eigenvalue weighted by molar-refractivity contribution is 5.64. The van der Waals surface area contributed by atoms with E-state index in [0.717, 1.165) is 30.4 Å². The normalized spacial score (nSPS) is 16.8. The van der Waals surface area contributed by atoms with E-state index in [1.54, 1.807) is 0 Å². The Labute approximate surface area is 121 Å². The zero-order valence-corrected chi connectivity index (χ0v) is 13.0. The van der Waals surface area contributed by atoms with Crippen LogP contribution in [0.1, 0.15) is 57.7 Å². The molecule has 0 atom stereocenters. The first-order chi connectivity index (χ1) is 9.59. The highest BCUT2D eigenvalue weighted by atomic mass is 16.5. The number of rotatable bonds is 6. The van der Waals surface area contributed by atoms with Gasteiger partial charge in [-0.15, -0.1) is 0 Å². The van der Waals surface area contributed by atoms with Crippen LogP contribution in [-0.4, -0.2) is 29.0 Å². The van der Waals surface area contributed by atoms with Gasteiger partial charge in [-0.25, -0.2) is 4.68 Å². The van der Waals surface area contributed by atoms with Gasteiger partial charge in [-0.3, -0.25) is 0 Å². The van der Waals surface area contributed by atoms with E-state index in [9.17, 15) is 0 Å². The first-order valence-electron chi connectivity index (χ1n) is 7.79. The summed E-state index contributed by atoms with van der Waals surface area (Å²) in [5, 5.41) is 7.84. The van der Waals surface area contributed by atoms with Gasteiger partial charge in [0.2, 0.25) is 0 Å². The quantitative estimate of drug-likeness (QED) is 0.786. The van der Waals surface area contributed by atoms with Crippen molar-refractivity contribution >= 4 is 11.5 Å². The third kappa shape index (κ3) is 3.66. The number of hydrogen-bond donors (Lipinski definition) is 2. The van der Waals surface area contributed by atoms with Gasteiger partial charge < -0.3 is 15.8 Å². The van der Waals surface area contributed by atoms with Gasteiger partial charge in [0.15, 0.2) is 0 Å². The monoisotopic (exact) mass is 280 g/mol. The van der Waals surface area contributed by atoms with Gasteiger partial charge in [-0.05, 0) is 33.6 Å². The zero-order chi connectivity index (χ0) is 14.5. The molecule has 1 saturated carbocycles. The van der Waals surface area contributed by atoms with E-state index >= 15 is 0 Å². The largest absolute Gasteiger partial charge is 0.394 e. The second kappa shape index (κ2) is 6.97. The first kappa shape index (κ1) is 15.2. The molecule has 0 bridgehead atoms. The van der Waals surface area contributed by atoms with Crippen molar-refractivity contribution in [2.45, 2.75) is 65.0 Å². The van der Waals surface area contributed by atoms with Crippen LogP contribution < -0.4 is 11.1 Å². The van der Waals surface area contributed by atoms with Crippen LogP contribution in [0.3, 0.4) is 0 Å². The molecule has 0 spiro atoms. The Morgan fingerprint density at radius 3 is 2.70 bits per heavy atom. The smallest absolute Gasteiger partial charge is 0.148 e. The average Bonchev–Trinajstić information content (AvgIpc) is 2.73. The Morgan fingerprint density at radius 2 is 2.05 bits per heavy atom. The summed E-state index contributed by atoms with van der Waals surface area (Å²) in [6.07, 6.45) is 6.87. The fourth-order valence-corrected chi connectivity index (χ4v) is 2.74. The lowest BCUT2D eigenvalue weighted by molar-refractivity contribution is 0.0347. The number of nitrogens with two attached hydrogens (primary N) is 1. The SMILES string of the molecule is Cc1nn(C(C)C)c(NCCOC2CCCCC2)c1N. The van der Waals surface area contributed by atoms with Crippen LogP contribution in [0.25, 0.3) is 0 Å². The van der Waals surface area contributed by atoms with Crippen LogP contribution >= 0.6 is 0 Å². The maximum Gasteiger partial charge on any atom is 0.148 e. The minimum atomic E-state index is 0.299. The molecule has 5 heteroatoms. The molecule has 0 aliphatic heterocycles. The Bertz CT molecular complexity index is 422. The minimum Gasteiger partial charge on any atom is -0.394 e. The van der Waals surface area contributed by atoms with Crippen molar-refractivity contribution in [3.8, 4) is 0 Å². The van der Waals surface area contributed by atoms with E-state index < -0.39 is 0 Å². The molecule has 1 aliphatic rings. The summed E-state index contributed by atoms with van der Waals surface area (Å²) >= 11 is 0. The van der Waals surface area contributed by atoms with E-state index in [0.29, 0.717) is 12.1 Å². The Morgan fingerprint density at radius 1 is 1.35 bits per heavy atom. The van der Waals surface area contributed by atoms with E-state index in [1.165, 1.54) is 32.1 Å². The van der Waals surface area contributed by atoms with Gasteiger partial charge in [0, 0.05) is 12.6 Å². The summed E-state index contributed by atoms with van der Waals surface area (Å²) in [5.74, 6) is 0.921. The lowest BCUT2D eigenvalue weighted by Gasteiger charge is -2.22. The van der Waals surface area contributed by atoms with Crippen LogP contribution in [0.2, 0.25) is 0 Å². The summed E-state index contributed by atoms with van der Waals surface area (Å²) in [4.78, 5) is 0. The van der Waals surface area contributed by atoms with Gasteiger partial charge in [0.05, 0.1) is 24.1 Å². The molecule has 114 valence electrons. The lowest BCUT2D eigenvalue weighted by Crippen LogP contribution is -2.21. The molecule has 1 aliphatic carbocycles. The lowest BCUT2D eigenvalue weighted by atomic mass is 9.98. The third-order valence-electron chi connectivity index (χ3n) is 3.92. The average molecular weight is 280 g/mol. The molecule has 3 N–H and O–H groups in total. The van der Waals surface area contributed by atoms with Crippen molar-refractivity contribution in [3.63, 3.8) is 0 Å². The molecule has 2 rings (SSSR count). The van der Waals surface area contributed by atoms with Crippen molar-refractivity contribution in [3.05, 3.63) is 5.69 Å². The van der Waals surface area contributed by atoms with Gasteiger partial charge in [-0.1, -0.05) is 19.3 Å². The summed E-state index contributed by atoms with van der Waals surface area (Å²) < 4.78 is 7.87. The van der Waals surface area contributed by atoms with E-state index in [1.807, 2.05) is 11.6 Å². The molecule has 1 heterocycles. The Hall–Kier alpha value is -1.23. The minimum absolute atomic E-state index is 0.299. The number of nitrogen functional groups attached to an aromatic ring is 1. The van der Waals surface area contributed by atoms with Gasteiger partial charge in [0.25, 0.3) is 0 Å².